The van der Waals surface area contributed by atoms with Gasteiger partial charge in [0, 0.05) is 12.8 Å². The second kappa shape index (κ2) is 5.77. The lowest BCUT2D eigenvalue weighted by atomic mass is 10.2. The predicted molar refractivity (Wildman–Crippen MR) is 56.7 cm³/mol. The summed E-state index contributed by atoms with van der Waals surface area (Å²) in [5.41, 5.74) is -1.53. The molecule has 0 N–H and O–H groups in total. The molecule has 0 aromatic carbocycles. The number of ether oxygens (including phenoxy) is 1. The maximum Gasteiger partial charge on any atom is 0.435 e. The van der Waals surface area contributed by atoms with E-state index in [0.29, 0.717) is 10.4 Å². The highest BCUT2D eigenvalue weighted by Gasteiger charge is 2.39. The molecule has 0 aliphatic rings. The van der Waals surface area contributed by atoms with E-state index in [2.05, 4.69) is 9.84 Å². The Labute approximate surface area is 104 Å². The number of halogens is 5. The van der Waals surface area contributed by atoms with Crippen molar-refractivity contribution in [2.45, 2.75) is 25.5 Å². The highest BCUT2D eigenvalue weighted by atomic mass is 32.2. The summed E-state index contributed by atoms with van der Waals surface area (Å²) >= 11 is 1.17. The van der Waals surface area contributed by atoms with Crippen molar-refractivity contribution >= 4 is 11.8 Å². The zero-order chi connectivity index (χ0) is 13.9. The Morgan fingerprint density at radius 3 is 2.44 bits per heavy atom. The van der Waals surface area contributed by atoms with Crippen molar-refractivity contribution in [2.24, 2.45) is 7.05 Å². The van der Waals surface area contributed by atoms with Gasteiger partial charge in [0.15, 0.2) is 5.69 Å². The summed E-state index contributed by atoms with van der Waals surface area (Å²) in [5, 5.41) is 3.21. The molecule has 1 aromatic rings. The largest absolute Gasteiger partial charge is 0.435 e. The molecule has 0 saturated carbocycles. The molecule has 0 atom stereocenters. The van der Waals surface area contributed by atoms with Gasteiger partial charge in [-0.05, 0) is 5.75 Å². The molecule has 18 heavy (non-hydrogen) atoms. The van der Waals surface area contributed by atoms with Crippen LogP contribution >= 0.6 is 11.8 Å². The summed E-state index contributed by atoms with van der Waals surface area (Å²) in [6, 6.07) is 0. The SMILES string of the molecule is CCSCc1c(C(F)(F)F)nn(C)c1OC(F)F. The lowest BCUT2D eigenvalue weighted by Crippen LogP contribution is -2.09. The van der Waals surface area contributed by atoms with Gasteiger partial charge >= 0.3 is 12.8 Å². The normalized spacial score (nSPS) is 12.2. The van der Waals surface area contributed by atoms with Crippen molar-refractivity contribution in [2.75, 3.05) is 5.75 Å². The van der Waals surface area contributed by atoms with Gasteiger partial charge in [0.2, 0.25) is 5.88 Å². The molecule has 0 saturated heterocycles. The fourth-order valence-corrected chi connectivity index (χ4v) is 2.01. The fraction of sp³-hybridized carbons (Fsp3) is 0.667. The third kappa shape index (κ3) is 3.50. The molecule has 104 valence electrons. The second-order valence-corrected chi connectivity index (χ2v) is 4.54. The first-order valence-corrected chi connectivity index (χ1v) is 6.08. The van der Waals surface area contributed by atoms with Crippen molar-refractivity contribution in [1.82, 2.24) is 9.78 Å². The van der Waals surface area contributed by atoms with Crippen LogP contribution in [0.15, 0.2) is 0 Å². The van der Waals surface area contributed by atoms with Gasteiger partial charge in [-0.2, -0.15) is 38.8 Å². The zero-order valence-electron chi connectivity index (χ0n) is 9.59. The lowest BCUT2D eigenvalue weighted by Gasteiger charge is -2.08. The third-order valence-corrected chi connectivity index (χ3v) is 2.91. The zero-order valence-corrected chi connectivity index (χ0v) is 10.4. The molecular formula is C9H11F5N2OS. The maximum absolute atomic E-state index is 12.7. The Balaban J connectivity index is 3.19. The molecule has 1 heterocycles. The molecule has 3 nitrogen and oxygen atoms in total. The minimum absolute atomic E-state index is 0.0821. The van der Waals surface area contributed by atoms with Crippen LogP contribution in [0.3, 0.4) is 0 Å². The highest BCUT2D eigenvalue weighted by Crippen LogP contribution is 2.37. The molecule has 9 heteroatoms. The minimum Gasteiger partial charge on any atom is -0.417 e. The topological polar surface area (TPSA) is 27.1 Å². The molecule has 0 amide bonds. The second-order valence-electron chi connectivity index (χ2n) is 3.27. The van der Waals surface area contributed by atoms with Gasteiger partial charge in [-0.3, -0.25) is 0 Å². The van der Waals surface area contributed by atoms with Crippen LogP contribution in [0.2, 0.25) is 0 Å². The Kier molecular flexibility index (Phi) is 4.83. The summed E-state index contributed by atoms with van der Waals surface area (Å²) < 4.78 is 67.1. The minimum atomic E-state index is -4.69. The molecule has 0 fully saturated rings. The van der Waals surface area contributed by atoms with Gasteiger partial charge < -0.3 is 4.74 Å². The van der Waals surface area contributed by atoms with E-state index in [4.69, 9.17) is 0 Å². The van der Waals surface area contributed by atoms with E-state index < -0.39 is 24.4 Å². The summed E-state index contributed by atoms with van der Waals surface area (Å²) in [5.74, 6) is -0.0695. The van der Waals surface area contributed by atoms with Gasteiger partial charge in [0.05, 0.1) is 5.56 Å². The number of aromatic nitrogens is 2. The molecule has 0 spiro atoms. The number of aryl methyl sites for hydroxylation is 1. The summed E-state index contributed by atoms with van der Waals surface area (Å²) in [6.07, 6.45) is -4.69. The number of rotatable bonds is 5. The first kappa shape index (κ1) is 15.1. The summed E-state index contributed by atoms with van der Waals surface area (Å²) in [4.78, 5) is 0. The average Bonchev–Trinajstić information content (AvgIpc) is 2.52. The van der Waals surface area contributed by atoms with E-state index in [1.807, 2.05) is 0 Å². The van der Waals surface area contributed by atoms with E-state index in [1.54, 1.807) is 6.92 Å². The van der Waals surface area contributed by atoms with Crippen LogP contribution in [0.4, 0.5) is 22.0 Å². The highest BCUT2D eigenvalue weighted by molar-refractivity contribution is 7.98. The lowest BCUT2D eigenvalue weighted by molar-refractivity contribution is -0.142. The summed E-state index contributed by atoms with van der Waals surface area (Å²) in [7, 11) is 1.13. The first-order chi connectivity index (χ1) is 8.27. The number of hydrogen-bond acceptors (Lipinski definition) is 3. The van der Waals surface area contributed by atoms with E-state index in [1.165, 1.54) is 11.8 Å². The van der Waals surface area contributed by atoms with E-state index in [-0.39, 0.29) is 11.3 Å². The van der Waals surface area contributed by atoms with Gasteiger partial charge in [-0.15, -0.1) is 0 Å². The molecule has 0 unspecified atom stereocenters. The fourth-order valence-electron chi connectivity index (χ4n) is 1.35. The number of hydrogen-bond donors (Lipinski definition) is 0. The predicted octanol–water partition coefficient (Wildman–Crippen LogP) is 3.29. The van der Waals surface area contributed by atoms with Crippen molar-refractivity contribution in [3.05, 3.63) is 11.3 Å². The van der Waals surface area contributed by atoms with Crippen molar-refractivity contribution < 1.29 is 26.7 Å². The van der Waals surface area contributed by atoms with E-state index in [0.717, 1.165) is 7.05 Å². The van der Waals surface area contributed by atoms with Crippen LogP contribution in [0.25, 0.3) is 0 Å². The Hall–Kier alpha value is -0.990. The van der Waals surface area contributed by atoms with Crippen LogP contribution in [0.5, 0.6) is 5.88 Å². The van der Waals surface area contributed by atoms with Crippen LogP contribution in [0.1, 0.15) is 18.2 Å². The van der Waals surface area contributed by atoms with E-state index in [9.17, 15) is 22.0 Å². The number of thioether (sulfide) groups is 1. The van der Waals surface area contributed by atoms with Gasteiger partial charge in [0.1, 0.15) is 0 Å². The molecule has 0 aliphatic carbocycles. The van der Waals surface area contributed by atoms with Crippen LogP contribution in [0, 0.1) is 0 Å². The van der Waals surface area contributed by atoms with Crippen LogP contribution < -0.4 is 4.74 Å². The van der Waals surface area contributed by atoms with Crippen LogP contribution in [-0.4, -0.2) is 22.1 Å². The molecular weight excluding hydrogens is 279 g/mol. The summed E-state index contributed by atoms with van der Waals surface area (Å²) in [6.45, 7) is -1.44. The monoisotopic (exact) mass is 290 g/mol. The third-order valence-electron chi connectivity index (χ3n) is 2.01. The van der Waals surface area contributed by atoms with Gasteiger partial charge in [-0.1, -0.05) is 6.92 Å². The van der Waals surface area contributed by atoms with Crippen LogP contribution in [-0.2, 0) is 19.0 Å². The van der Waals surface area contributed by atoms with Crippen molar-refractivity contribution in [3.63, 3.8) is 0 Å². The number of nitrogens with zero attached hydrogens (tertiary/aromatic N) is 2. The molecule has 0 aliphatic heterocycles. The maximum atomic E-state index is 12.7. The smallest absolute Gasteiger partial charge is 0.417 e. The molecule has 0 radical (unpaired) electrons. The average molecular weight is 290 g/mol. The Bertz CT molecular complexity index is 404. The van der Waals surface area contributed by atoms with Crippen molar-refractivity contribution in [3.8, 4) is 5.88 Å². The first-order valence-electron chi connectivity index (χ1n) is 4.93. The van der Waals surface area contributed by atoms with Gasteiger partial charge in [-0.25, -0.2) is 4.68 Å². The standard InChI is InChI=1S/C9H11F5N2OS/c1-3-18-4-5-6(9(12,13)14)15-16(2)7(5)17-8(10)11/h8H,3-4H2,1-2H3. The molecule has 1 rings (SSSR count). The quantitative estimate of drug-likeness (QED) is 0.779. The Morgan fingerprint density at radius 1 is 1.39 bits per heavy atom. The van der Waals surface area contributed by atoms with Crippen molar-refractivity contribution in [1.29, 1.82) is 0 Å². The molecule has 1 aromatic heterocycles. The van der Waals surface area contributed by atoms with Gasteiger partial charge in [0.25, 0.3) is 0 Å². The Morgan fingerprint density at radius 2 is 2.00 bits per heavy atom. The molecule has 0 bridgehead atoms. The van der Waals surface area contributed by atoms with E-state index >= 15 is 0 Å². The number of alkyl halides is 5.